The molecule has 0 aliphatic carbocycles. The van der Waals surface area contributed by atoms with E-state index in [1.807, 2.05) is 30.3 Å². The Balaban J connectivity index is 1.65. The predicted octanol–water partition coefficient (Wildman–Crippen LogP) is 2.16. The van der Waals surface area contributed by atoms with E-state index in [-0.39, 0.29) is 11.8 Å². The third kappa shape index (κ3) is 4.29. The largest absolute Gasteiger partial charge is 0.347 e. The number of nitrogens with zero attached hydrogens (tertiary/aromatic N) is 3. The molecule has 7 nitrogen and oxygen atoms in total. The minimum atomic E-state index is -0.252. The summed E-state index contributed by atoms with van der Waals surface area (Å²) in [6, 6.07) is 13.1. The number of amides is 2. The van der Waals surface area contributed by atoms with Crippen LogP contribution in [0.2, 0.25) is 0 Å². The Morgan fingerprint density at radius 2 is 1.88 bits per heavy atom. The van der Waals surface area contributed by atoms with E-state index in [0.29, 0.717) is 23.7 Å². The predicted molar refractivity (Wildman–Crippen MR) is 93.3 cm³/mol. The van der Waals surface area contributed by atoms with Crippen molar-refractivity contribution < 1.29 is 9.59 Å². The van der Waals surface area contributed by atoms with Crippen LogP contribution in [0.5, 0.6) is 0 Å². The van der Waals surface area contributed by atoms with Crippen molar-refractivity contribution in [3.8, 4) is 5.82 Å². The maximum absolute atomic E-state index is 12.2. The van der Waals surface area contributed by atoms with Gasteiger partial charge in [0.1, 0.15) is 17.8 Å². The number of carbonyl (C=O) groups excluding carboxylic acids is 2. The zero-order valence-corrected chi connectivity index (χ0v) is 13.6. The van der Waals surface area contributed by atoms with E-state index in [0.717, 1.165) is 5.56 Å². The number of pyridine rings is 1. The van der Waals surface area contributed by atoms with Crippen molar-refractivity contribution in [3.63, 3.8) is 0 Å². The first kappa shape index (κ1) is 16.4. The van der Waals surface area contributed by atoms with E-state index in [4.69, 9.17) is 0 Å². The minimum absolute atomic E-state index is 0.158. The Labute approximate surface area is 144 Å². The lowest BCUT2D eigenvalue weighted by atomic mass is 10.2. The summed E-state index contributed by atoms with van der Waals surface area (Å²) in [4.78, 5) is 31.6. The summed E-state index contributed by atoms with van der Waals surface area (Å²) in [6.45, 7) is 1.88. The first-order valence-corrected chi connectivity index (χ1v) is 7.72. The number of aromatic nitrogens is 3. The van der Waals surface area contributed by atoms with Crippen molar-refractivity contribution in [3.05, 3.63) is 72.4 Å². The number of benzene rings is 1. The summed E-state index contributed by atoms with van der Waals surface area (Å²) in [5.41, 5.74) is 1.94. The summed E-state index contributed by atoms with van der Waals surface area (Å²) >= 11 is 0. The SMILES string of the molecule is CC(=O)Nc1ccc(-n2cnc(C(=O)NCc3ccccc3)c2)nc1. The smallest absolute Gasteiger partial charge is 0.271 e. The first-order valence-electron chi connectivity index (χ1n) is 7.72. The molecule has 0 unspecified atom stereocenters. The highest BCUT2D eigenvalue weighted by Crippen LogP contribution is 2.10. The van der Waals surface area contributed by atoms with Crippen LogP contribution in [0.1, 0.15) is 23.0 Å². The maximum atomic E-state index is 12.2. The number of carbonyl (C=O) groups is 2. The fourth-order valence-electron chi connectivity index (χ4n) is 2.25. The molecule has 0 bridgehead atoms. The zero-order chi connectivity index (χ0) is 17.6. The lowest BCUT2D eigenvalue weighted by molar-refractivity contribution is -0.114. The van der Waals surface area contributed by atoms with Crippen LogP contribution in [0.25, 0.3) is 5.82 Å². The number of anilines is 1. The summed E-state index contributed by atoms with van der Waals surface area (Å²) in [6.07, 6.45) is 4.68. The van der Waals surface area contributed by atoms with Gasteiger partial charge in [-0.25, -0.2) is 9.97 Å². The van der Waals surface area contributed by atoms with Crippen LogP contribution in [0.15, 0.2) is 61.2 Å². The lowest BCUT2D eigenvalue weighted by Gasteiger charge is -2.04. The van der Waals surface area contributed by atoms with Crippen LogP contribution in [0, 0.1) is 0 Å². The van der Waals surface area contributed by atoms with Gasteiger partial charge in [0.25, 0.3) is 5.91 Å². The number of imidazole rings is 1. The molecule has 7 heteroatoms. The second-order valence-electron chi connectivity index (χ2n) is 5.42. The fourth-order valence-corrected chi connectivity index (χ4v) is 2.25. The second kappa shape index (κ2) is 7.39. The molecule has 126 valence electrons. The Hall–Kier alpha value is -3.48. The molecule has 0 fully saturated rings. The van der Waals surface area contributed by atoms with Crippen LogP contribution < -0.4 is 10.6 Å². The molecule has 2 heterocycles. The van der Waals surface area contributed by atoms with E-state index in [9.17, 15) is 9.59 Å². The highest BCUT2D eigenvalue weighted by molar-refractivity contribution is 5.92. The first-order chi connectivity index (χ1) is 12.1. The van der Waals surface area contributed by atoms with Gasteiger partial charge in [0.05, 0.1) is 11.9 Å². The molecule has 0 aliphatic heterocycles. The van der Waals surface area contributed by atoms with Crippen molar-refractivity contribution in [1.29, 1.82) is 0 Å². The quantitative estimate of drug-likeness (QED) is 0.748. The Bertz CT molecular complexity index is 872. The Morgan fingerprint density at radius 3 is 2.56 bits per heavy atom. The fraction of sp³-hybridized carbons (Fsp3) is 0.111. The minimum Gasteiger partial charge on any atom is -0.347 e. The summed E-state index contributed by atoms with van der Waals surface area (Å²) in [7, 11) is 0. The number of nitrogens with one attached hydrogen (secondary N) is 2. The van der Waals surface area contributed by atoms with Gasteiger partial charge in [-0.2, -0.15) is 0 Å². The maximum Gasteiger partial charge on any atom is 0.271 e. The van der Waals surface area contributed by atoms with Crippen LogP contribution in [0.3, 0.4) is 0 Å². The molecule has 25 heavy (non-hydrogen) atoms. The van der Waals surface area contributed by atoms with Gasteiger partial charge in [0, 0.05) is 19.7 Å². The molecular formula is C18H17N5O2. The molecule has 1 aromatic carbocycles. The van der Waals surface area contributed by atoms with Crippen molar-refractivity contribution in [2.75, 3.05) is 5.32 Å². The molecule has 0 aliphatic rings. The lowest BCUT2D eigenvalue weighted by Crippen LogP contribution is -2.23. The van der Waals surface area contributed by atoms with Crippen molar-refractivity contribution >= 4 is 17.5 Å². The molecule has 0 saturated carbocycles. The molecule has 0 radical (unpaired) electrons. The standard InChI is InChI=1S/C18H17N5O2/c1-13(24)22-15-7-8-17(19-10-15)23-11-16(21-12-23)18(25)20-9-14-5-3-2-4-6-14/h2-8,10-12H,9H2,1H3,(H,20,25)(H,22,24). The molecule has 0 atom stereocenters. The summed E-state index contributed by atoms with van der Waals surface area (Å²) in [5, 5.41) is 5.48. The van der Waals surface area contributed by atoms with Gasteiger partial charge in [-0.15, -0.1) is 0 Å². The van der Waals surface area contributed by atoms with Gasteiger partial charge >= 0.3 is 0 Å². The number of hydrogen-bond donors (Lipinski definition) is 2. The van der Waals surface area contributed by atoms with Crippen LogP contribution in [0.4, 0.5) is 5.69 Å². The molecule has 2 amide bonds. The van der Waals surface area contributed by atoms with Gasteiger partial charge < -0.3 is 10.6 Å². The molecule has 2 N–H and O–H groups in total. The summed E-state index contributed by atoms with van der Waals surface area (Å²) in [5.74, 6) is 0.190. The van der Waals surface area contributed by atoms with E-state index in [2.05, 4.69) is 20.6 Å². The third-order valence-corrected chi connectivity index (χ3v) is 3.44. The third-order valence-electron chi connectivity index (χ3n) is 3.44. The highest BCUT2D eigenvalue weighted by atomic mass is 16.2. The van der Waals surface area contributed by atoms with Gasteiger partial charge in [-0.1, -0.05) is 30.3 Å². The molecular weight excluding hydrogens is 318 g/mol. The van der Waals surface area contributed by atoms with E-state index in [1.54, 1.807) is 29.1 Å². The van der Waals surface area contributed by atoms with Crippen molar-refractivity contribution in [2.45, 2.75) is 13.5 Å². The van der Waals surface area contributed by atoms with Gasteiger partial charge in [-0.05, 0) is 17.7 Å². The van der Waals surface area contributed by atoms with Gasteiger partial charge in [0.15, 0.2) is 0 Å². The highest BCUT2D eigenvalue weighted by Gasteiger charge is 2.10. The van der Waals surface area contributed by atoms with Gasteiger partial charge in [-0.3, -0.25) is 14.2 Å². The summed E-state index contributed by atoms with van der Waals surface area (Å²) < 4.78 is 1.65. The van der Waals surface area contributed by atoms with Crippen molar-refractivity contribution in [2.24, 2.45) is 0 Å². The van der Waals surface area contributed by atoms with Crippen LogP contribution in [-0.4, -0.2) is 26.3 Å². The molecule has 3 rings (SSSR count). The van der Waals surface area contributed by atoms with E-state index in [1.165, 1.54) is 13.3 Å². The molecule has 0 saturated heterocycles. The van der Waals surface area contributed by atoms with Gasteiger partial charge in [0.2, 0.25) is 5.91 Å². The Morgan fingerprint density at radius 1 is 1.08 bits per heavy atom. The van der Waals surface area contributed by atoms with E-state index < -0.39 is 0 Å². The number of hydrogen-bond acceptors (Lipinski definition) is 4. The monoisotopic (exact) mass is 335 g/mol. The number of rotatable bonds is 5. The van der Waals surface area contributed by atoms with Crippen LogP contribution >= 0.6 is 0 Å². The molecule has 2 aromatic heterocycles. The molecule has 0 spiro atoms. The average molecular weight is 335 g/mol. The zero-order valence-electron chi connectivity index (χ0n) is 13.6. The second-order valence-corrected chi connectivity index (χ2v) is 5.42. The average Bonchev–Trinajstić information content (AvgIpc) is 3.11. The van der Waals surface area contributed by atoms with Crippen molar-refractivity contribution in [1.82, 2.24) is 19.9 Å². The molecule has 3 aromatic rings. The Kier molecular flexibility index (Phi) is 4.84. The van der Waals surface area contributed by atoms with E-state index >= 15 is 0 Å². The normalized spacial score (nSPS) is 10.3. The van der Waals surface area contributed by atoms with Crippen LogP contribution in [-0.2, 0) is 11.3 Å². The topological polar surface area (TPSA) is 88.9 Å².